The largest absolute Gasteiger partial charge is 0.396 e. The molecule has 17 heavy (non-hydrogen) atoms. The first-order valence-electron chi connectivity index (χ1n) is 5.68. The summed E-state index contributed by atoms with van der Waals surface area (Å²) in [7, 11) is 0. The number of nitrogens with one attached hydrogen (secondary N) is 2. The van der Waals surface area contributed by atoms with Gasteiger partial charge in [0.05, 0.1) is 0 Å². The molecular weight excluding hydrogens is 222 g/mol. The van der Waals surface area contributed by atoms with E-state index in [1.54, 1.807) is 0 Å². The monoisotopic (exact) mass is 237 g/mol. The molecule has 0 aromatic carbocycles. The number of aliphatic hydroxyl groups is 1. The van der Waals surface area contributed by atoms with Crippen LogP contribution in [0.1, 0.15) is 29.8 Å². The predicted molar refractivity (Wildman–Crippen MR) is 60.5 cm³/mol. The van der Waals surface area contributed by atoms with Crippen molar-refractivity contribution in [2.75, 3.05) is 6.61 Å². The van der Waals surface area contributed by atoms with Crippen molar-refractivity contribution < 1.29 is 9.90 Å². The molecule has 6 heteroatoms. The topological polar surface area (TPSA) is 95.1 Å². The number of hydrogen-bond donors (Lipinski definition) is 3. The quantitative estimate of drug-likeness (QED) is 0.670. The Morgan fingerprint density at radius 1 is 1.53 bits per heavy atom. The van der Waals surface area contributed by atoms with Crippen LogP contribution in [-0.4, -0.2) is 33.9 Å². The van der Waals surface area contributed by atoms with E-state index in [1.807, 2.05) is 0 Å². The van der Waals surface area contributed by atoms with Crippen LogP contribution in [0, 0.1) is 5.92 Å². The fraction of sp³-hybridized carbons (Fsp3) is 0.545. The molecule has 0 aliphatic heterocycles. The molecule has 92 valence electrons. The van der Waals surface area contributed by atoms with Crippen LogP contribution in [0.15, 0.2) is 16.9 Å². The van der Waals surface area contributed by atoms with E-state index in [9.17, 15) is 9.59 Å². The maximum Gasteiger partial charge on any atom is 0.271 e. The van der Waals surface area contributed by atoms with Crippen LogP contribution in [-0.2, 0) is 0 Å². The van der Waals surface area contributed by atoms with E-state index < -0.39 is 0 Å². The molecule has 0 bridgehead atoms. The lowest BCUT2D eigenvalue weighted by atomic mass is 10.1. The number of amides is 1. The highest BCUT2D eigenvalue weighted by Crippen LogP contribution is 2.25. The summed E-state index contributed by atoms with van der Waals surface area (Å²) in [5.74, 6) is -0.187. The smallest absolute Gasteiger partial charge is 0.271 e. The van der Waals surface area contributed by atoms with Gasteiger partial charge in [-0.1, -0.05) is 6.42 Å². The van der Waals surface area contributed by atoms with Crippen molar-refractivity contribution in [1.82, 2.24) is 15.5 Å². The van der Waals surface area contributed by atoms with E-state index >= 15 is 0 Å². The second-order valence-electron chi connectivity index (χ2n) is 4.26. The molecule has 1 saturated carbocycles. The second-order valence-corrected chi connectivity index (χ2v) is 4.26. The lowest BCUT2D eigenvalue weighted by Gasteiger charge is -2.18. The number of aromatic amines is 1. The van der Waals surface area contributed by atoms with Gasteiger partial charge in [-0.25, -0.2) is 5.10 Å². The van der Waals surface area contributed by atoms with Crippen LogP contribution in [0.25, 0.3) is 0 Å². The molecule has 1 heterocycles. The first-order valence-corrected chi connectivity index (χ1v) is 5.68. The fourth-order valence-electron chi connectivity index (χ4n) is 2.16. The summed E-state index contributed by atoms with van der Waals surface area (Å²) in [6.45, 7) is 0.0873. The van der Waals surface area contributed by atoms with Crippen LogP contribution in [0.5, 0.6) is 0 Å². The van der Waals surface area contributed by atoms with Crippen molar-refractivity contribution >= 4 is 5.91 Å². The molecule has 1 fully saturated rings. The van der Waals surface area contributed by atoms with E-state index in [2.05, 4.69) is 15.5 Å². The third-order valence-corrected chi connectivity index (χ3v) is 3.12. The van der Waals surface area contributed by atoms with Gasteiger partial charge in [-0.15, -0.1) is 0 Å². The molecule has 1 aliphatic rings. The minimum Gasteiger partial charge on any atom is -0.396 e. The Morgan fingerprint density at radius 3 is 3.00 bits per heavy atom. The molecule has 1 aromatic heterocycles. The minimum atomic E-state index is -0.337. The summed E-state index contributed by atoms with van der Waals surface area (Å²) in [6.07, 6.45) is 2.82. The number of nitrogens with zero attached hydrogens (tertiary/aromatic N) is 1. The lowest BCUT2D eigenvalue weighted by Crippen LogP contribution is -2.39. The van der Waals surface area contributed by atoms with E-state index in [1.165, 1.54) is 12.1 Å². The Kier molecular flexibility index (Phi) is 3.53. The van der Waals surface area contributed by atoms with Gasteiger partial charge in [-0.3, -0.25) is 9.59 Å². The fourth-order valence-corrected chi connectivity index (χ4v) is 2.16. The summed E-state index contributed by atoms with van der Waals surface area (Å²) in [5, 5.41) is 17.8. The van der Waals surface area contributed by atoms with Gasteiger partial charge < -0.3 is 10.4 Å². The highest BCUT2D eigenvalue weighted by Gasteiger charge is 2.28. The Hall–Kier alpha value is -1.69. The number of aromatic nitrogens is 2. The summed E-state index contributed by atoms with van der Waals surface area (Å²) in [6, 6.07) is 2.65. The summed E-state index contributed by atoms with van der Waals surface area (Å²) < 4.78 is 0. The minimum absolute atomic E-state index is 0.00114. The van der Waals surface area contributed by atoms with Gasteiger partial charge in [0.2, 0.25) is 0 Å². The van der Waals surface area contributed by atoms with Gasteiger partial charge in [0, 0.05) is 24.6 Å². The van der Waals surface area contributed by atoms with Gasteiger partial charge in [0.1, 0.15) is 5.69 Å². The summed E-state index contributed by atoms with van der Waals surface area (Å²) in [5.41, 5.74) is -0.149. The standard InChI is InChI=1S/C11H15N3O3/c15-6-7-2-1-3-8(7)12-11(17)9-4-5-10(16)14-13-9/h4-5,7-8,15H,1-3,6H2,(H,12,17)(H,14,16). The normalized spacial score (nSPS) is 23.6. The Balaban J connectivity index is 2.01. The second kappa shape index (κ2) is 5.09. The number of carbonyl (C=O) groups excluding carboxylic acids is 1. The van der Waals surface area contributed by atoms with Crippen molar-refractivity contribution in [1.29, 1.82) is 0 Å². The van der Waals surface area contributed by atoms with Gasteiger partial charge in [0.15, 0.2) is 0 Å². The molecule has 3 N–H and O–H groups in total. The Morgan fingerprint density at radius 2 is 2.35 bits per heavy atom. The summed E-state index contributed by atoms with van der Waals surface area (Å²) in [4.78, 5) is 22.6. The number of aliphatic hydroxyl groups excluding tert-OH is 1. The van der Waals surface area contributed by atoms with Crippen LogP contribution in [0.3, 0.4) is 0 Å². The lowest BCUT2D eigenvalue weighted by molar-refractivity contribution is 0.0910. The molecule has 1 aliphatic carbocycles. The Bertz CT molecular complexity index is 437. The third-order valence-electron chi connectivity index (χ3n) is 3.12. The maximum atomic E-state index is 11.8. The molecule has 0 spiro atoms. The zero-order valence-corrected chi connectivity index (χ0v) is 9.35. The van der Waals surface area contributed by atoms with Crippen molar-refractivity contribution in [2.24, 2.45) is 5.92 Å². The van der Waals surface area contributed by atoms with Crippen molar-refractivity contribution in [2.45, 2.75) is 25.3 Å². The van der Waals surface area contributed by atoms with E-state index in [4.69, 9.17) is 5.11 Å². The van der Waals surface area contributed by atoms with Crippen molar-refractivity contribution in [3.05, 3.63) is 28.2 Å². The molecule has 1 amide bonds. The third kappa shape index (κ3) is 2.71. The number of hydrogen-bond acceptors (Lipinski definition) is 4. The molecule has 0 saturated heterocycles. The SMILES string of the molecule is O=C(NC1CCCC1CO)c1ccc(=O)[nH]n1. The molecule has 0 radical (unpaired) electrons. The molecule has 6 nitrogen and oxygen atoms in total. The average Bonchev–Trinajstić information content (AvgIpc) is 2.77. The van der Waals surface area contributed by atoms with E-state index in [-0.39, 0.29) is 35.7 Å². The van der Waals surface area contributed by atoms with Gasteiger partial charge in [0.25, 0.3) is 11.5 Å². The predicted octanol–water partition coefficient (Wildman–Crippen LogP) is -0.339. The summed E-state index contributed by atoms with van der Waals surface area (Å²) >= 11 is 0. The van der Waals surface area contributed by atoms with E-state index in [0.29, 0.717) is 0 Å². The highest BCUT2D eigenvalue weighted by molar-refractivity contribution is 5.92. The molecule has 1 aromatic rings. The first kappa shape index (κ1) is 11.8. The van der Waals surface area contributed by atoms with E-state index in [0.717, 1.165) is 19.3 Å². The number of H-pyrrole nitrogens is 1. The van der Waals surface area contributed by atoms with Crippen LogP contribution in [0.4, 0.5) is 0 Å². The van der Waals surface area contributed by atoms with Gasteiger partial charge in [-0.2, -0.15) is 5.10 Å². The maximum absolute atomic E-state index is 11.8. The van der Waals surface area contributed by atoms with Gasteiger partial charge in [-0.05, 0) is 18.9 Å². The van der Waals surface area contributed by atoms with Crippen LogP contribution >= 0.6 is 0 Å². The highest BCUT2D eigenvalue weighted by atomic mass is 16.3. The zero-order chi connectivity index (χ0) is 12.3. The first-order chi connectivity index (χ1) is 8.20. The van der Waals surface area contributed by atoms with Crippen LogP contribution in [0.2, 0.25) is 0 Å². The number of carbonyl (C=O) groups is 1. The molecule has 2 rings (SSSR count). The van der Waals surface area contributed by atoms with Crippen molar-refractivity contribution in [3.8, 4) is 0 Å². The molecule has 2 unspecified atom stereocenters. The Labute approximate surface area is 98.1 Å². The molecular formula is C11H15N3O3. The van der Waals surface area contributed by atoms with Crippen molar-refractivity contribution in [3.63, 3.8) is 0 Å². The molecule has 2 atom stereocenters. The zero-order valence-electron chi connectivity index (χ0n) is 9.35. The van der Waals surface area contributed by atoms with Gasteiger partial charge >= 0.3 is 0 Å². The number of rotatable bonds is 3. The van der Waals surface area contributed by atoms with Crippen LogP contribution < -0.4 is 10.9 Å². The average molecular weight is 237 g/mol.